The molecule has 0 fully saturated rings. The summed E-state index contributed by atoms with van der Waals surface area (Å²) >= 11 is 0. The Morgan fingerprint density at radius 1 is 1.35 bits per heavy atom. The molecule has 0 aliphatic rings. The highest BCUT2D eigenvalue weighted by Crippen LogP contribution is 2.17. The minimum absolute atomic E-state index is 0.172. The Balaban J connectivity index is 2.76. The number of benzene rings is 1. The second-order valence-corrected chi connectivity index (χ2v) is 6.15. The van der Waals surface area contributed by atoms with E-state index in [1.807, 2.05) is 6.92 Å². The number of hydrogen-bond donors (Lipinski definition) is 0. The Morgan fingerprint density at radius 3 is 2.60 bits per heavy atom. The van der Waals surface area contributed by atoms with E-state index < -0.39 is 9.84 Å². The van der Waals surface area contributed by atoms with E-state index in [0.29, 0.717) is 17.7 Å². The molecular weight excluding hydrogens is 280 g/mol. The highest BCUT2D eigenvalue weighted by atomic mass is 32.2. The van der Waals surface area contributed by atoms with Crippen molar-refractivity contribution in [2.75, 3.05) is 20.0 Å². The Morgan fingerprint density at radius 2 is 2.05 bits per heavy atom. The standard InChI is InChI=1S/C14H18O5S/c1-4-11(14(15)18-2)8-9-19-12-6-5-7-13(10-12)20(3,16)17/h5-8,10H,4,9H2,1-3H3. The van der Waals surface area contributed by atoms with Crippen molar-refractivity contribution in [1.29, 1.82) is 0 Å². The van der Waals surface area contributed by atoms with Crippen molar-refractivity contribution in [3.05, 3.63) is 35.9 Å². The van der Waals surface area contributed by atoms with Gasteiger partial charge in [0.25, 0.3) is 0 Å². The molecule has 0 saturated carbocycles. The SMILES string of the molecule is CCC(=CCOc1cccc(S(C)(=O)=O)c1)C(=O)OC. The summed E-state index contributed by atoms with van der Waals surface area (Å²) in [5.41, 5.74) is 0.520. The summed E-state index contributed by atoms with van der Waals surface area (Å²) in [5.74, 6) is 0.0467. The monoisotopic (exact) mass is 298 g/mol. The topological polar surface area (TPSA) is 69.7 Å². The van der Waals surface area contributed by atoms with Crippen LogP contribution in [0.3, 0.4) is 0 Å². The molecule has 0 spiro atoms. The van der Waals surface area contributed by atoms with Gasteiger partial charge in [-0.1, -0.05) is 13.0 Å². The maximum atomic E-state index is 11.4. The molecule has 0 aliphatic carbocycles. The summed E-state index contributed by atoms with van der Waals surface area (Å²) in [6, 6.07) is 6.22. The first kappa shape index (κ1) is 16.2. The molecule has 1 aromatic rings. The fraction of sp³-hybridized carbons (Fsp3) is 0.357. The van der Waals surface area contributed by atoms with Crippen LogP contribution in [0.1, 0.15) is 13.3 Å². The van der Waals surface area contributed by atoms with Crippen molar-refractivity contribution in [2.24, 2.45) is 0 Å². The van der Waals surface area contributed by atoms with Crippen LogP contribution in [0.2, 0.25) is 0 Å². The quantitative estimate of drug-likeness (QED) is 0.593. The summed E-state index contributed by atoms with van der Waals surface area (Å²) in [4.78, 5) is 11.5. The molecule has 0 bridgehead atoms. The smallest absolute Gasteiger partial charge is 0.333 e. The summed E-state index contributed by atoms with van der Waals surface area (Å²) in [7, 11) is -1.94. The Labute approximate surface area is 119 Å². The van der Waals surface area contributed by atoms with Crippen LogP contribution in [-0.2, 0) is 19.4 Å². The van der Waals surface area contributed by atoms with Gasteiger partial charge >= 0.3 is 5.97 Å². The molecule has 110 valence electrons. The van der Waals surface area contributed by atoms with E-state index in [1.54, 1.807) is 18.2 Å². The van der Waals surface area contributed by atoms with Gasteiger partial charge < -0.3 is 9.47 Å². The normalized spacial score (nSPS) is 12.1. The molecule has 1 aromatic carbocycles. The van der Waals surface area contributed by atoms with Crippen molar-refractivity contribution in [1.82, 2.24) is 0 Å². The van der Waals surface area contributed by atoms with Gasteiger partial charge in [-0.2, -0.15) is 0 Å². The Kier molecular flexibility index (Phi) is 5.76. The third-order valence-corrected chi connectivity index (χ3v) is 3.75. The summed E-state index contributed by atoms with van der Waals surface area (Å²) < 4.78 is 32.9. The molecule has 1 rings (SSSR count). The van der Waals surface area contributed by atoms with Gasteiger partial charge in [-0.15, -0.1) is 0 Å². The number of ether oxygens (including phenoxy) is 2. The zero-order valence-electron chi connectivity index (χ0n) is 11.8. The first-order valence-electron chi connectivity index (χ1n) is 6.08. The molecule has 0 unspecified atom stereocenters. The van der Waals surface area contributed by atoms with E-state index in [0.717, 1.165) is 6.26 Å². The minimum atomic E-state index is -3.26. The van der Waals surface area contributed by atoms with Crippen LogP contribution in [0.25, 0.3) is 0 Å². The van der Waals surface area contributed by atoms with Crippen LogP contribution in [0.4, 0.5) is 0 Å². The van der Waals surface area contributed by atoms with Crippen LogP contribution < -0.4 is 4.74 Å². The third-order valence-electron chi connectivity index (χ3n) is 2.64. The number of sulfone groups is 1. The zero-order chi connectivity index (χ0) is 15.2. The summed E-state index contributed by atoms with van der Waals surface area (Å²) in [6.45, 7) is 2.01. The highest BCUT2D eigenvalue weighted by Gasteiger charge is 2.08. The average Bonchev–Trinajstić information content (AvgIpc) is 2.42. The lowest BCUT2D eigenvalue weighted by Gasteiger charge is -2.06. The molecule has 6 heteroatoms. The molecule has 5 nitrogen and oxygen atoms in total. The molecule has 0 heterocycles. The van der Waals surface area contributed by atoms with Crippen molar-refractivity contribution >= 4 is 15.8 Å². The van der Waals surface area contributed by atoms with Gasteiger partial charge in [-0.05, 0) is 30.7 Å². The van der Waals surface area contributed by atoms with Gasteiger partial charge in [0, 0.05) is 11.8 Å². The molecule has 0 radical (unpaired) electrons. The van der Waals surface area contributed by atoms with E-state index in [1.165, 1.54) is 19.2 Å². The molecule has 20 heavy (non-hydrogen) atoms. The number of carbonyl (C=O) groups excluding carboxylic acids is 1. The van der Waals surface area contributed by atoms with Crippen molar-refractivity contribution in [3.8, 4) is 5.75 Å². The van der Waals surface area contributed by atoms with Crippen molar-refractivity contribution < 1.29 is 22.7 Å². The fourth-order valence-corrected chi connectivity index (χ4v) is 2.19. The average molecular weight is 298 g/mol. The van der Waals surface area contributed by atoms with Crippen LogP contribution >= 0.6 is 0 Å². The predicted molar refractivity (Wildman–Crippen MR) is 75.4 cm³/mol. The minimum Gasteiger partial charge on any atom is -0.489 e. The van der Waals surface area contributed by atoms with Gasteiger partial charge in [0.05, 0.1) is 12.0 Å². The Bertz CT molecular complexity index is 602. The molecule has 0 N–H and O–H groups in total. The predicted octanol–water partition coefficient (Wildman–Crippen LogP) is 1.98. The molecular formula is C14H18O5S. The number of carbonyl (C=O) groups is 1. The molecule has 0 aliphatic heterocycles. The van der Waals surface area contributed by atoms with E-state index in [9.17, 15) is 13.2 Å². The van der Waals surface area contributed by atoms with Crippen LogP contribution in [0.15, 0.2) is 40.8 Å². The van der Waals surface area contributed by atoms with Crippen molar-refractivity contribution in [3.63, 3.8) is 0 Å². The van der Waals surface area contributed by atoms with E-state index in [2.05, 4.69) is 4.74 Å². The Hall–Kier alpha value is -1.82. The van der Waals surface area contributed by atoms with Gasteiger partial charge in [0.15, 0.2) is 9.84 Å². The lowest BCUT2D eigenvalue weighted by Crippen LogP contribution is -2.06. The van der Waals surface area contributed by atoms with Crippen LogP contribution in [0, 0.1) is 0 Å². The van der Waals surface area contributed by atoms with E-state index in [-0.39, 0.29) is 17.5 Å². The van der Waals surface area contributed by atoms with Gasteiger partial charge in [-0.25, -0.2) is 13.2 Å². The highest BCUT2D eigenvalue weighted by molar-refractivity contribution is 7.90. The molecule has 0 atom stereocenters. The maximum absolute atomic E-state index is 11.4. The van der Waals surface area contributed by atoms with E-state index in [4.69, 9.17) is 4.74 Å². The van der Waals surface area contributed by atoms with Gasteiger partial charge in [-0.3, -0.25) is 0 Å². The lowest BCUT2D eigenvalue weighted by atomic mass is 10.2. The number of methoxy groups -OCH3 is 1. The van der Waals surface area contributed by atoms with Crippen LogP contribution in [0.5, 0.6) is 5.75 Å². The zero-order valence-corrected chi connectivity index (χ0v) is 12.6. The first-order chi connectivity index (χ1) is 9.38. The largest absolute Gasteiger partial charge is 0.489 e. The summed E-state index contributed by atoms with van der Waals surface area (Å²) in [6.07, 6.45) is 3.30. The lowest BCUT2D eigenvalue weighted by molar-refractivity contribution is -0.136. The fourth-order valence-electron chi connectivity index (χ4n) is 1.54. The van der Waals surface area contributed by atoms with Crippen LogP contribution in [-0.4, -0.2) is 34.4 Å². The van der Waals surface area contributed by atoms with Gasteiger partial charge in [0.1, 0.15) is 12.4 Å². The molecule has 0 amide bonds. The number of esters is 1. The molecule has 0 aromatic heterocycles. The van der Waals surface area contributed by atoms with Crippen molar-refractivity contribution in [2.45, 2.75) is 18.2 Å². The first-order valence-corrected chi connectivity index (χ1v) is 7.98. The number of rotatable bonds is 6. The van der Waals surface area contributed by atoms with E-state index >= 15 is 0 Å². The maximum Gasteiger partial charge on any atom is 0.333 e. The summed E-state index contributed by atoms with van der Waals surface area (Å²) in [5, 5.41) is 0. The van der Waals surface area contributed by atoms with Gasteiger partial charge in [0.2, 0.25) is 0 Å². The second kappa shape index (κ2) is 7.09. The second-order valence-electron chi connectivity index (χ2n) is 4.13. The third kappa shape index (κ3) is 4.70. The molecule has 0 saturated heterocycles. The number of hydrogen-bond acceptors (Lipinski definition) is 5.